The Balaban J connectivity index is 2.25. The SMILES string of the molecule is CCNc1ncnc(N2CCC(OC)CC2)c1C(C)C. The highest BCUT2D eigenvalue weighted by molar-refractivity contribution is 5.60. The van der Waals surface area contributed by atoms with Gasteiger partial charge in [0.1, 0.15) is 18.0 Å². The number of anilines is 2. The Bertz CT molecular complexity index is 428. The molecule has 0 amide bonds. The van der Waals surface area contributed by atoms with E-state index in [0.717, 1.165) is 44.1 Å². The number of aromatic nitrogens is 2. The maximum atomic E-state index is 5.44. The summed E-state index contributed by atoms with van der Waals surface area (Å²) in [7, 11) is 1.80. The molecule has 1 fully saturated rings. The molecule has 20 heavy (non-hydrogen) atoms. The number of rotatable bonds is 5. The van der Waals surface area contributed by atoms with Crippen LogP contribution in [0.2, 0.25) is 0 Å². The van der Waals surface area contributed by atoms with Crippen LogP contribution in [0.5, 0.6) is 0 Å². The van der Waals surface area contributed by atoms with Gasteiger partial charge in [0.2, 0.25) is 0 Å². The molecule has 0 aromatic carbocycles. The quantitative estimate of drug-likeness (QED) is 0.897. The predicted octanol–water partition coefficient (Wildman–Crippen LogP) is 2.65. The summed E-state index contributed by atoms with van der Waals surface area (Å²) in [5.41, 5.74) is 1.23. The Morgan fingerprint density at radius 3 is 2.60 bits per heavy atom. The minimum absolute atomic E-state index is 0.392. The minimum Gasteiger partial charge on any atom is -0.381 e. The highest BCUT2D eigenvalue weighted by atomic mass is 16.5. The van der Waals surface area contributed by atoms with Crippen LogP contribution in [-0.4, -0.2) is 42.8 Å². The Morgan fingerprint density at radius 2 is 2.05 bits per heavy atom. The second-order valence-corrected chi connectivity index (χ2v) is 5.57. The Morgan fingerprint density at radius 1 is 1.35 bits per heavy atom. The maximum Gasteiger partial charge on any atom is 0.137 e. The lowest BCUT2D eigenvalue weighted by Crippen LogP contribution is -2.38. The molecule has 1 saturated heterocycles. The van der Waals surface area contributed by atoms with Crippen molar-refractivity contribution in [1.29, 1.82) is 0 Å². The number of piperidine rings is 1. The van der Waals surface area contributed by atoms with Crippen LogP contribution in [0, 0.1) is 0 Å². The van der Waals surface area contributed by atoms with Gasteiger partial charge in [-0.15, -0.1) is 0 Å². The molecule has 2 heterocycles. The normalized spacial score (nSPS) is 16.8. The summed E-state index contributed by atoms with van der Waals surface area (Å²) >= 11 is 0. The van der Waals surface area contributed by atoms with Gasteiger partial charge in [0.05, 0.1) is 6.10 Å². The molecule has 0 spiro atoms. The van der Waals surface area contributed by atoms with E-state index in [1.54, 1.807) is 13.4 Å². The molecule has 0 unspecified atom stereocenters. The first-order chi connectivity index (χ1) is 9.67. The van der Waals surface area contributed by atoms with E-state index in [-0.39, 0.29) is 0 Å². The van der Waals surface area contributed by atoms with Crippen LogP contribution in [-0.2, 0) is 4.74 Å². The molecule has 1 aromatic heterocycles. The van der Waals surface area contributed by atoms with Crippen LogP contribution < -0.4 is 10.2 Å². The molecule has 1 aliphatic rings. The van der Waals surface area contributed by atoms with Gasteiger partial charge in [-0.1, -0.05) is 13.8 Å². The average Bonchev–Trinajstić information content (AvgIpc) is 2.47. The number of ether oxygens (including phenoxy) is 1. The summed E-state index contributed by atoms with van der Waals surface area (Å²) in [5.74, 6) is 2.46. The molecule has 1 aliphatic heterocycles. The molecular formula is C15H26N4O. The van der Waals surface area contributed by atoms with E-state index in [0.29, 0.717) is 12.0 Å². The van der Waals surface area contributed by atoms with Crippen molar-refractivity contribution in [3.05, 3.63) is 11.9 Å². The smallest absolute Gasteiger partial charge is 0.137 e. The van der Waals surface area contributed by atoms with E-state index in [1.807, 2.05) is 0 Å². The van der Waals surface area contributed by atoms with Gasteiger partial charge in [-0.25, -0.2) is 9.97 Å². The van der Waals surface area contributed by atoms with Gasteiger partial charge in [-0.2, -0.15) is 0 Å². The second-order valence-electron chi connectivity index (χ2n) is 5.57. The number of methoxy groups -OCH3 is 1. The first-order valence-electron chi connectivity index (χ1n) is 7.53. The standard InChI is InChI=1S/C15H26N4O/c1-5-16-14-13(11(2)3)15(18-10-17-14)19-8-6-12(20-4)7-9-19/h10-12H,5-9H2,1-4H3,(H,16,17,18). The summed E-state index contributed by atoms with van der Waals surface area (Å²) < 4.78 is 5.44. The highest BCUT2D eigenvalue weighted by Gasteiger charge is 2.24. The molecule has 0 radical (unpaired) electrons. The molecule has 1 aromatic rings. The van der Waals surface area contributed by atoms with Crippen molar-refractivity contribution in [2.75, 3.05) is 37.0 Å². The molecule has 5 heteroatoms. The zero-order valence-electron chi connectivity index (χ0n) is 13.0. The Hall–Kier alpha value is -1.36. The van der Waals surface area contributed by atoms with Crippen LogP contribution in [0.25, 0.3) is 0 Å². The van der Waals surface area contributed by atoms with Gasteiger partial charge in [0.15, 0.2) is 0 Å². The molecule has 0 saturated carbocycles. The molecule has 0 bridgehead atoms. The Kier molecular flexibility index (Phi) is 5.17. The van der Waals surface area contributed by atoms with Crippen molar-refractivity contribution in [2.45, 2.75) is 45.6 Å². The predicted molar refractivity (Wildman–Crippen MR) is 82.5 cm³/mol. The van der Waals surface area contributed by atoms with E-state index >= 15 is 0 Å². The van der Waals surface area contributed by atoms with Crippen LogP contribution in [0.4, 0.5) is 11.6 Å². The minimum atomic E-state index is 0.392. The lowest BCUT2D eigenvalue weighted by Gasteiger charge is -2.34. The number of hydrogen-bond acceptors (Lipinski definition) is 5. The third kappa shape index (κ3) is 3.20. The first kappa shape index (κ1) is 15.0. The van der Waals surface area contributed by atoms with E-state index < -0.39 is 0 Å². The largest absolute Gasteiger partial charge is 0.381 e. The number of hydrogen-bond donors (Lipinski definition) is 1. The van der Waals surface area contributed by atoms with E-state index in [2.05, 4.69) is 41.0 Å². The number of nitrogens with one attached hydrogen (secondary N) is 1. The average molecular weight is 278 g/mol. The van der Waals surface area contributed by atoms with Crippen LogP contribution >= 0.6 is 0 Å². The third-order valence-electron chi connectivity index (χ3n) is 3.86. The van der Waals surface area contributed by atoms with Gasteiger partial charge in [-0.3, -0.25) is 0 Å². The van der Waals surface area contributed by atoms with Crippen LogP contribution in [0.3, 0.4) is 0 Å². The van der Waals surface area contributed by atoms with E-state index in [4.69, 9.17) is 4.74 Å². The fourth-order valence-electron chi connectivity index (χ4n) is 2.78. The van der Waals surface area contributed by atoms with Gasteiger partial charge < -0.3 is 15.0 Å². The molecule has 2 rings (SSSR count). The lowest BCUT2D eigenvalue weighted by molar-refractivity contribution is 0.0817. The summed E-state index contributed by atoms with van der Waals surface area (Å²) in [6.45, 7) is 9.37. The summed E-state index contributed by atoms with van der Waals surface area (Å²) in [5, 5.41) is 3.35. The van der Waals surface area contributed by atoms with Crippen LogP contribution in [0.1, 0.15) is 45.1 Å². The van der Waals surface area contributed by atoms with Crippen molar-refractivity contribution in [2.24, 2.45) is 0 Å². The fourth-order valence-corrected chi connectivity index (χ4v) is 2.78. The molecule has 0 atom stereocenters. The summed E-state index contributed by atoms with van der Waals surface area (Å²) in [6.07, 6.45) is 4.19. The third-order valence-corrected chi connectivity index (χ3v) is 3.86. The zero-order chi connectivity index (χ0) is 14.5. The molecular weight excluding hydrogens is 252 g/mol. The lowest BCUT2D eigenvalue weighted by atomic mass is 10.0. The van der Waals surface area contributed by atoms with Gasteiger partial charge in [0.25, 0.3) is 0 Å². The topological polar surface area (TPSA) is 50.3 Å². The van der Waals surface area contributed by atoms with E-state index in [1.165, 1.54) is 5.56 Å². The molecule has 1 N–H and O–H groups in total. The van der Waals surface area contributed by atoms with Gasteiger partial charge in [-0.05, 0) is 25.7 Å². The molecule has 0 aliphatic carbocycles. The van der Waals surface area contributed by atoms with Crippen molar-refractivity contribution in [1.82, 2.24) is 9.97 Å². The van der Waals surface area contributed by atoms with Crippen molar-refractivity contribution >= 4 is 11.6 Å². The summed E-state index contributed by atoms with van der Waals surface area (Å²) in [6, 6.07) is 0. The van der Waals surface area contributed by atoms with Crippen molar-refractivity contribution < 1.29 is 4.74 Å². The second kappa shape index (κ2) is 6.88. The first-order valence-corrected chi connectivity index (χ1v) is 7.53. The van der Waals surface area contributed by atoms with Gasteiger partial charge >= 0.3 is 0 Å². The van der Waals surface area contributed by atoms with E-state index in [9.17, 15) is 0 Å². The Labute approximate surface area is 121 Å². The summed E-state index contributed by atoms with van der Waals surface area (Å²) in [4.78, 5) is 11.3. The molecule has 5 nitrogen and oxygen atoms in total. The van der Waals surface area contributed by atoms with Crippen molar-refractivity contribution in [3.8, 4) is 0 Å². The van der Waals surface area contributed by atoms with Gasteiger partial charge in [0, 0.05) is 32.3 Å². The fraction of sp³-hybridized carbons (Fsp3) is 0.733. The monoisotopic (exact) mass is 278 g/mol. The number of nitrogens with zero attached hydrogens (tertiary/aromatic N) is 3. The van der Waals surface area contributed by atoms with Crippen molar-refractivity contribution in [3.63, 3.8) is 0 Å². The maximum absolute atomic E-state index is 5.44. The zero-order valence-corrected chi connectivity index (χ0v) is 13.0. The van der Waals surface area contributed by atoms with Crippen LogP contribution in [0.15, 0.2) is 6.33 Å². The molecule has 112 valence electrons. The highest BCUT2D eigenvalue weighted by Crippen LogP contribution is 2.32.